The van der Waals surface area contributed by atoms with E-state index in [4.69, 9.17) is 0 Å². The van der Waals surface area contributed by atoms with Gasteiger partial charge >= 0.3 is 6.03 Å². The lowest BCUT2D eigenvalue weighted by atomic mass is 9.83. The number of benzene rings is 1. The van der Waals surface area contributed by atoms with Gasteiger partial charge in [0.15, 0.2) is 5.96 Å². The fourth-order valence-electron chi connectivity index (χ4n) is 3.59. The zero-order chi connectivity index (χ0) is 19.7. The molecule has 0 unspecified atom stereocenters. The molecule has 1 aromatic carbocycles. The maximum absolute atomic E-state index is 11.7. The van der Waals surface area contributed by atoms with Crippen molar-refractivity contribution in [2.24, 2.45) is 10.4 Å². The number of carbonyl (C=O) groups is 1. The molecule has 1 fully saturated rings. The molecule has 0 aliphatic heterocycles. The van der Waals surface area contributed by atoms with Gasteiger partial charge in [-0.1, -0.05) is 31.9 Å². The van der Waals surface area contributed by atoms with Gasteiger partial charge in [-0.15, -0.1) is 24.0 Å². The molecule has 2 amide bonds. The molecule has 28 heavy (non-hydrogen) atoms. The molecule has 0 spiro atoms. The number of hydrogen-bond donors (Lipinski definition) is 4. The van der Waals surface area contributed by atoms with Crippen molar-refractivity contribution in [3.05, 3.63) is 29.8 Å². The minimum Gasteiger partial charge on any atom is -0.356 e. The second-order valence-electron chi connectivity index (χ2n) is 7.79. The summed E-state index contributed by atoms with van der Waals surface area (Å²) >= 11 is 0. The number of anilines is 1. The Morgan fingerprint density at radius 2 is 1.79 bits per heavy atom. The number of aliphatic imine (C=N–C) groups is 1. The minimum atomic E-state index is -0.183. The molecule has 0 bridgehead atoms. The molecule has 1 aliphatic carbocycles. The third-order valence-electron chi connectivity index (χ3n) is 5.36. The van der Waals surface area contributed by atoms with E-state index in [1.807, 2.05) is 45.2 Å². The molecular formula is C21H36IN5O. The quantitative estimate of drug-likeness (QED) is 0.253. The van der Waals surface area contributed by atoms with Gasteiger partial charge in [0.05, 0.1) is 0 Å². The lowest BCUT2D eigenvalue weighted by Crippen LogP contribution is -2.42. The van der Waals surface area contributed by atoms with E-state index in [9.17, 15) is 4.79 Å². The van der Waals surface area contributed by atoms with Crippen molar-refractivity contribution in [1.82, 2.24) is 16.0 Å². The normalized spacial score (nSPS) is 15.7. The first-order valence-electron chi connectivity index (χ1n) is 10.1. The minimum absolute atomic E-state index is 0. The Morgan fingerprint density at radius 3 is 2.32 bits per heavy atom. The number of nitrogens with zero attached hydrogens (tertiary/aromatic N) is 1. The zero-order valence-electron chi connectivity index (χ0n) is 17.6. The van der Waals surface area contributed by atoms with Crippen LogP contribution in [-0.2, 0) is 6.54 Å². The highest BCUT2D eigenvalue weighted by molar-refractivity contribution is 14.0. The van der Waals surface area contributed by atoms with E-state index in [1.54, 1.807) is 0 Å². The van der Waals surface area contributed by atoms with Crippen molar-refractivity contribution in [2.45, 2.75) is 65.5 Å². The van der Waals surface area contributed by atoms with Crippen molar-refractivity contribution in [2.75, 3.05) is 18.9 Å². The van der Waals surface area contributed by atoms with Crippen molar-refractivity contribution in [3.63, 3.8) is 0 Å². The zero-order valence-corrected chi connectivity index (χ0v) is 19.9. The van der Waals surface area contributed by atoms with Crippen LogP contribution in [0.3, 0.4) is 0 Å². The number of halogens is 1. The summed E-state index contributed by atoms with van der Waals surface area (Å²) in [6, 6.07) is 7.78. The lowest BCUT2D eigenvalue weighted by molar-refractivity contribution is 0.250. The topological polar surface area (TPSA) is 77.6 Å². The van der Waals surface area contributed by atoms with Crippen LogP contribution in [0.25, 0.3) is 0 Å². The Morgan fingerprint density at radius 1 is 1.14 bits per heavy atom. The molecule has 7 heteroatoms. The van der Waals surface area contributed by atoms with Crippen LogP contribution in [-0.4, -0.2) is 31.6 Å². The first-order chi connectivity index (χ1) is 13.0. The van der Waals surface area contributed by atoms with Crippen molar-refractivity contribution >= 4 is 41.7 Å². The Bertz CT molecular complexity index is 624. The summed E-state index contributed by atoms with van der Waals surface area (Å²) in [6.45, 7) is 7.84. The smallest absolute Gasteiger partial charge is 0.319 e. The summed E-state index contributed by atoms with van der Waals surface area (Å²) in [5.74, 6) is 0.841. The molecule has 0 radical (unpaired) electrons. The first-order valence-corrected chi connectivity index (χ1v) is 10.1. The van der Waals surface area contributed by atoms with Crippen LogP contribution < -0.4 is 21.3 Å². The van der Waals surface area contributed by atoms with Gasteiger partial charge in [0.2, 0.25) is 0 Å². The van der Waals surface area contributed by atoms with E-state index in [-0.39, 0.29) is 36.0 Å². The Balaban J connectivity index is 0.00000392. The summed E-state index contributed by atoms with van der Waals surface area (Å²) < 4.78 is 0. The summed E-state index contributed by atoms with van der Waals surface area (Å²) in [6.07, 6.45) is 6.53. The Labute approximate surface area is 186 Å². The molecular weight excluding hydrogens is 465 g/mol. The van der Waals surface area contributed by atoms with E-state index in [0.29, 0.717) is 12.0 Å². The van der Waals surface area contributed by atoms with E-state index in [1.165, 1.54) is 32.1 Å². The summed E-state index contributed by atoms with van der Waals surface area (Å²) in [4.78, 5) is 16.1. The summed E-state index contributed by atoms with van der Waals surface area (Å²) in [7, 11) is 1.81. The highest BCUT2D eigenvalue weighted by atomic mass is 127. The van der Waals surface area contributed by atoms with Gasteiger partial charge in [0.25, 0.3) is 0 Å². The SMILES string of the molecule is CCC1(CNC(=NC)NCc2ccc(NC(=O)NC(C)C)cc2)CCCC1.I. The average molecular weight is 501 g/mol. The number of amides is 2. The lowest BCUT2D eigenvalue weighted by Gasteiger charge is -2.28. The maximum atomic E-state index is 11.7. The largest absolute Gasteiger partial charge is 0.356 e. The van der Waals surface area contributed by atoms with Gasteiger partial charge < -0.3 is 21.3 Å². The molecule has 0 aromatic heterocycles. The monoisotopic (exact) mass is 501 g/mol. The molecule has 2 rings (SSSR count). The fourth-order valence-corrected chi connectivity index (χ4v) is 3.59. The Hall–Kier alpha value is -1.51. The maximum Gasteiger partial charge on any atom is 0.319 e. The molecule has 1 aromatic rings. The molecule has 0 heterocycles. The van der Waals surface area contributed by atoms with Gasteiger partial charge in [-0.3, -0.25) is 4.99 Å². The molecule has 6 nitrogen and oxygen atoms in total. The van der Waals surface area contributed by atoms with Gasteiger partial charge in [0, 0.05) is 31.9 Å². The fraction of sp³-hybridized carbons (Fsp3) is 0.619. The molecule has 1 aliphatic rings. The van der Waals surface area contributed by atoms with E-state index >= 15 is 0 Å². The number of hydrogen-bond acceptors (Lipinski definition) is 2. The van der Waals surface area contributed by atoms with E-state index in [0.717, 1.165) is 23.8 Å². The standard InChI is InChI=1S/C21H35N5O.HI/c1-5-21(12-6-7-13-21)15-24-19(22-4)23-14-17-8-10-18(11-9-17)26-20(27)25-16(2)3;/h8-11,16H,5-7,12-15H2,1-4H3,(H2,22,23,24)(H2,25,26,27);1H. The molecule has 4 N–H and O–H groups in total. The predicted octanol–water partition coefficient (Wildman–Crippen LogP) is 4.47. The van der Waals surface area contributed by atoms with Crippen LogP contribution in [0.1, 0.15) is 58.4 Å². The van der Waals surface area contributed by atoms with Crippen LogP contribution in [0.4, 0.5) is 10.5 Å². The molecule has 158 valence electrons. The van der Waals surface area contributed by atoms with Crippen LogP contribution in [0.5, 0.6) is 0 Å². The first kappa shape index (κ1) is 24.5. The Kier molecular flexibility index (Phi) is 10.6. The molecule has 1 saturated carbocycles. The number of guanidine groups is 1. The van der Waals surface area contributed by atoms with Gasteiger partial charge in [-0.05, 0) is 56.2 Å². The van der Waals surface area contributed by atoms with Crippen LogP contribution in [0.2, 0.25) is 0 Å². The van der Waals surface area contributed by atoms with E-state index < -0.39 is 0 Å². The second-order valence-corrected chi connectivity index (χ2v) is 7.79. The van der Waals surface area contributed by atoms with E-state index in [2.05, 4.69) is 33.2 Å². The van der Waals surface area contributed by atoms with Crippen molar-refractivity contribution in [1.29, 1.82) is 0 Å². The van der Waals surface area contributed by atoms with Crippen molar-refractivity contribution in [3.8, 4) is 0 Å². The summed E-state index contributed by atoms with van der Waals surface area (Å²) in [5.41, 5.74) is 2.35. The van der Waals surface area contributed by atoms with Gasteiger partial charge in [-0.2, -0.15) is 0 Å². The number of carbonyl (C=O) groups excluding carboxylic acids is 1. The second kappa shape index (κ2) is 12.1. The van der Waals surface area contributed by atoms with Crippen LogP contribution in [0.15, 0.2) is 29.3 Å². The van der Waals surface area contributed by atoms with Crippen LogP contribution in [0, 0.1) is 5.41 Å². The third-order valence-corrected chi connectivity index (χ3v) is 5.36. The highest BCUT2D eigenvalue weighted by Gasteiger charge is 2.31. The summed E-state index contributed by atoms with van der Waals surface area (Å²) in [5, 5.41) is 12.5. The highest BCUT2D eigenvalue weighted by Crippen LogP contribution is 2.40. The third kappa shape index (κ3) is 7.85. The number of nitrogens with one attached hydrogen (secondary N) is 4. The number of urea groups is 1. The van der Waals surface area contributed by atoms with Gasteiger partial charge in [0.1, 0.15) is 0 Å². The average Bonchev–Trinajstić information content (AvgIpc) is 3.12. The number of rotatable bonds is 7. The predicted molar refractivity (Wildman–Crippen MR) is 129 cm³/mol. The van der Waals surface area contributed by atoms with Crippen molar-refractivity contribution < 1.29 is 4.79 Å². The molecule has 0 atom stereocenters. The van der Waals surface area contributed by atoms with Gasteiger partial charge in [-0.25, -0.2) is 4.79 Å². The molecule has 0 saturated heterocycles. The van der Waals surface area contributed by atoms with Crippen LogP contribution >= 0.6 is 24.0 Å².